The Balaban J connectivity index is 1.40. The molecule has 214 valence electrons. The zero-order valence-electron chi connectivity index (χ0n) is 23.0. The van der Waals surface area contributed by atoms with Gasteiger partial charge in [-0.25, -0.2) is 14.2 Å². The first-order valence-electron chi connectivity index (χ1n) is 13.7. The number of esters is 2. The molecule has 1 saturated heterocycles. The Labute approximate surface area is 242 Å². The molecule has 0 aliphatic carbocycles. The molecule has 5 rings (SSSR count). The van der Waals surface area contributed by atoms with E-state index in [1.807, 2.05) is 35.7 Å². The van der Waals surface area contributed by atoms with Crippen molar-refractivity contribution in [2.45, 2.75) is 45.8 Å². The number of benzene rings is 2. The number of halogens is 1. The minimum Gasteiger partial charge on any atom is -0.466 e. The van der Waals surface area contributed by atoms with Gasteiger partial charge in [-0.3, -0.25) is 9.59 Å². The predicted octanol–water partition coefficient (Wildman–Crippen LogP) is 5.34. The summed E-state index contributed by atoms with van der Waals surface area (Å²) in [6.07, 6.45) is 1.40. The summed E-state index contributed by atoms with van der Waals surface area (Å²) < 4.78 is 26.2. The van der Waals surface area contributed by atoms with Gasteiger partial charge in [-0.1, -0.05) is 60.3 Å². The molecule has 1 fully saturated rings. The van der Waals surface area contributed by atoms with E-state index in [9.17, 15) is 14.4 Å². The number of aliphatic imine (C=N–C) groups is 1. The van der Waals surface area contributed by atoms with Gasteiger partial charge in [0.15, 0.2) is 5.17 Å². The van der Waals surface area contributed by atoms with Crippen molar-refractivity contribution in [1.82, 2.24) is 9.80 Å². The highest BCUT2D eigenvalue weighted by atomic mass is 32.2. The van der Waals surface area contributed by atoms with Crippen molar-refractivity contribution in [2.24, 2.45) is 10.9 Å². The Morgan fingerprint density at radius 3 is 2.59 bits per heavy atom. The molecule has 1 amide bonds. The number of piperidine rings is 1. The van der Waals surface area contributed by atoms with Crippen LogP contribution in [0.2, 0.25) is 0 Å². The van der Waals surface area contributed by atoms with Crippen molar-refractivity contribution in [3.8, 4) is 0 Å². The number of likely N-dealkylation sites (tertiary alicyclic amines) is 1. The third-order valence-corrected chi connectivity index (χ3v) is 8.25. The standard InChI is InChI=1S/C31H32FN3O5S/c1-3-39-29(37)22-12-9-15-34(17-22)26(36)16-23-19-41-31-33-20(2)27(30(38)40-18-21-10-5-4-6-11-21)28(35(23)31)24-13-7-8-14-25(24)32/h4-8,10-11,13-14,19,22,28H,3,9,12,15-18H2,1-2H3/t22-,28+/m1/s1. The molecule has 3 heterocycles. The number of amides is 1. The number of nitrogens with zero attached hydrogens (tertiary/aromatic N) is 3. The van der Waals surface area contributed by atoms with Crippen LogP contribution in [0.5, 0.6) is 0 Å². The van der Waals surface area contributed by atoms with Crippen LogP contribution >= 0.6 is 11.8 Å². The summed E-state index contributed by atoms with van der Waals surface area (Å²) in [5.74, 6) is -1.87. The number of carbonyl (C=O) groups is 3. The molecular weight excluding hydrogens is 545 g/mol. The second kappa shape index (κ2) is 12.7. The van der Waals surface area contributed by atoms with Crippen LogP contribution in [0, 0.1) is 11.7 Å². The maximum Gasteiger partial charge on any atom is 0.338 e. The molecule has 0 spiro atoms. The smallest absolute Gasteiger partial charge is 0.338 e. The van der Waals surface area contributed by atoms with E-state index in [1.54, 1.807) is 41.8 Å². The summed E-state index contributed by atoms with van der Waals surface area (Å²) in [6, 6.07) is 14.7. The number of hydrogen-bond donors (Lipinski definition) is 0. The zero-order chi connectivity index (χ0) is 28.9. The maximum absolute atomic E-state index is 15.3. The molecule has 2 atom stereocenters. The summed E-state index contributed by atoms with van der Waals surface area (Å²) >= 11 is 1.33. The largest absolute Gasteiger partial charge is 0.466 e. The van der Waals surface area contributed by atoms with Gasteiger partial charge in [-0.05, 0) is 43.7 Å². The van der Waals surface area contributed by atoms with Crippen LogP contribution in [-0.2, 0) is 30.5 Å². The van der Waals surface area contributed by atoms with E-state index in [1.165, 1.54) is 17.8 Å². The van der Waals surface area contributed by atoms with Crippen molar-refractivity contribution >= 4 is 34.8 Å². The van der Waals surface area contributed by atoms with Gasteiger partial charge in [0.05, 0.1) is 36.3 Å². The molecule has 0 aromatic heterocycles. The first kappa shape index (κ1) is 28.6. The fourth-order valence-electron chi connectivity index (χ4n) is 5.35. The average molecular weight is 578 g/mol. The van der Waals surface area contributed by atoms with E-state index < -0.39 is 17.8 Å². The molecular formula is C31H32FN3O5S. The lowest BCUT2D eigenvalue weighted by Crippen LogP contribution is -2.44. The Kier molecular flexibility index (Phi) is 8.87. The number of fused-ring (bicyclic) bond motifs is 1. The molecule has 0 bridgehead atoms. The third-order valence-electron chi connectivity index (χ3n) is 7.36. The Morgan fingerprint density at radius 1 is 1.07 bits per heavy atom. The number of carbonyl (C=O) groups excluding carboxylic acids is 3. The number of thioether (sulfide) groups is 1. The van der Waals surface area contributed by atoms with Gasteiger partial charge < -0.3 is 19.3 Å². The van der Waals surface area contributed by atoms with Crippen molar-refractivity contribution in [2.75, 3.05) is 19.7 Å². The van der Waals surface area contributed by atoms with E-state index in [4.69, 9.17) is 9.47 Å². The lowest BCUT2D eigenvalue weighted by molar-refractivity contribution is -0.151. The summed E-state index contributed by atoms with van der Waals surface area (Å²) in [6.45, 7) is 4.67. The Morgan fingerprint density at radius 2 is 1.83 bits per heavy atom. The van der Waals surface area contributed by atoms with Crippen LogP contribution in [0.25, 0.3) is 0 Å². The highest BCUT2D eigenvalue weighted by Gasteiger charge is 2.42. The number of ether oxygens (including phenoxy) is 2. The van der Waals surface area contributed by atoms with Crippen molar-refractivity contribution < 1.29 is 28.2 Å². The highest BCUT2D eigenvalue weighted by Crippen LogP contribution is 2.45. The minimum atomic E-state index is -0.866. The number of amidine groups is 1. The van der Waals surface area contributed by atoms with Crippen molar-refractivity contribution in [3.05, 3.63) is 93.9 Å². The van der Waals surface area contributed by atoms with Gasteiger partial charge >= 0.3 is 11.9 Å². The van der Waals surface area contributed by atoms with E-state index >= 15 is 4.39 Å². The molecule has 2 aromatic carbocycles. The number of hydrogen-bond acceptors (Lipinski definition) is 8. The van der Waals surface area contributed by atoms with Crippen LogP contribution < -0.4 is 0 Å². The van der Waals surface area contributed by atoms with E-state index in [2.05, 4.69) is 4.99 Å². The average Bonchev–Trinajstić information content (AvgIpc) is 3.38. The molecule has 0 N–H and O–H groups in total. The van der Waals surface area contributed by atoms with Crippen LogP contribution in [0.1, 0.15) is 50.3 Å². The van der Waals surface area contributed by atoms with Crippen LogP contribution in [0.15, 0.2) is 82.0 Å². The van der Waals surface area contributed by atoms with Crippen molar-refractivity contribution in [3.63, 3.8) is 0 Å². The second-order valence-electron chi connectivity index (χ2n) is 10.1. The normalized spacial score (nSPS) is 20.3. The van der Waals surface area contributed by atoms with Crippen LogP contribution in [0.3, 0.4) is 0 Å². The quantitative estimate of drug-likeness (QED) is 0.392. The predicted molar refractivity (Wildman–Crippen MR) is 154 cm³/mol. The molecule has 0 saturated carbocycles. The SMILES string of the molecule is CCOC(=O)[C@@H]1CCCN(C(=O)CC2=CSC3=NC(C)=C(C(=O)OCc4ccccc4)[C@H](c4ccccc4F)N23)C1. The molecule has 2 aromatic rings. The molecule has 3 aliphatic rings. The Bertz CT molecular complexity index is 1420. The van der Waals surface area contributed by atoms with Crippen molar-refractivity contribution in [1.29, 1.82) is 0 Å². The molecule has 10 heteroatoms. The highest BCUT2D eigenvalue weighted by molar-refractivity contribution is 8.16. The molecule has 0 unspecified atom stereocenters. The van der Waals surface area contributed by atoms with Crippen LogP contribution in [-0.4, -0.2) is 52.5 Å². The van der Waals surface area contributed by atoms with E-state index in [0.29, 0.717) is 49.1 Å². The zero-order valence-corrected chi connectivity index (χ0v) is 23.9. The number of rotatable bonds is 8. The van der Waals surface area contributed by atoms with Gasteiger partial charge in [0.2, 0.25) is 5.91 Å². The van der Waals surface area contributed by atoms with Gasteiger partial charge in [-0.2, -0.15) is 0 Å². The lowest BCUT2D eigenvalue weighted by Gasteiger charge is -2.37. The van der Waals surface area contributed by atoms with Crippen LogP contribution in [0.4, 0.5) is 4.39 Å². The number of allylic oxidation sites excluding steroid dienone is 1. The molecule has 8 nitrogen and oxygen atoms in total. The summed E-state index contributed by atoms with van der Waals surface area (Å²) in [5.41, 5.74) is 2.37. The van der Waals surface area contributed by atoms with Gasteiger partial charge in [0.25, 0.3) is 0 Å². The molecule has 3 aliphatic heterocycles. The fourth-order valence-corrected chi connectivity index (χ4v) is 6.31. The maximum atomic E-state index is 15.3. The van der Waals surface area contributed by atoms with Gasteiger partial charge in [-0.15, -0.1) is 0 Å². The fraction of sp³-hybridized carbons (Fsp3) is 0.355. The van der Waals surface area contributed by atoms with Gasteiger partial charge in [0.1, 0.15) is 12.4 Å². The Hall–Kier alpha value is -3.92. The first-order valence-corrected chi connectivity index (χ1v) is 14.6. The third kappa shape index (κ3) is 6.22. The lowest BCUT2D eigenvalue weighted by atomic mass is 9.93. The van der Waals surface area contributed by atoms with Gasteiger partial charge in [0, 0.05) is 24.4 Å². The molecule has 0 radical (unpaired) electrons. The minimum absolute atomic E-state index is 0.0118. The summed E-state index contributed by atoms with van der Waals surface area (Å²) in [5, 5.41) is 2.38. The monoisotopic (exact) mass is 577 g/mol. The van der Waals surface area contributed by atoms with E-state index in [0.717, 1.165) is 5.56 Å². The summed E-state index contributed by atoms with van der Waals surface area (Å²) in [7, 11) is 0. The summed E-state index contributed by atoms with van der Waals surface area (Å²) in [4.78, 5) is 47.5. The second-order valence-corrected chi connectivity index (χ2v) is 10.9. The molecule has 41 heavy (non-hydrogen) atoms. The topological polar surface area (TPSA) is 88.5 Å². The first-order chi connectivity index (χ1) is 19.9. The van der Waals surface area contributed by atoms with E-state index in [-0.39, 0.29) is 42.0 Å².